The monoisotopic (exact) mass is 387 g/mol. The van der Waals surface area contributed by atoms with Crippen LogP contribution in [-0.2, 0) is 16.0 Å². The molecular formula is C21H26ClN3O2. The summed E-state index contributed by atoms with van der Waals surface area (Å²) in [4.78, 5) is 26.5. The summed E-state index contributed by atoms with van der Waals surface area (Å²) in [6.07, 6.45) is 2.25. The van der Waals surface area contributed by atoms with Gasteiger partial charge in [-0.3, -0.25) is 9.59 Å². The van der Waals surface area contributed by atoms with E-state index in [1.807, 2.05) is 61.5 Å². The molecule has 1 atom stereocenters. The fourth-order valence-electron chi connectivity index (χ4n) is 3.22. The van der Waals surface area contributed by atoms with E-state index in [2.05, 4.69) is 10.6 Å². The van der Waals surface area contributed by atoms with Crippen LogP contribution in [0.4, 0.5) is 11.4 Å². The van der Waals surface area contributed by atoms with E-state index in [4.69, 9.17) is 0 Å². The summed E-state index contributed by atoms with van der Waals surface area (Å²) >= 11 is 0. The number of carbonyl (C=O) groups is 2. The number of hydrogen-bond acceptors (Lipinski definition) is 3. The molecule has 144 valence electrons. The SMILES string of the molecule is CCN(C(=O)Cc1ccc(NC(=O)C2CCCN2)cc1)c1ccccc1.Cl. The number of carbonyl (C=O) groups excluding carboxylic acids is 2. The minimum absolute atomic E-state index is 0. The van der Waals surface area contributed by atoms with Crippen LogP contribution in [0.1, 0.15) is 25.3 Å². The lowest BCUT2D eigenvalue weighted by Gasteiger charge is -2.21. The molecular weight excluding hydrogens is 362 g/mol. The quantitative estimate of drug-likeness (QED) is 0.798. The molecule has 6 heteroatoms. The molecule has 1 fully saturated rings. The van der Waals surface area contributed by atoms with Crippen LogP contribution >= 0.6 is 12.4 Å². The first-order chi connectivity index (χ1) is 12.7. The first-order valence-electron chi connectivity index (χ1n) is 9.16. The Morgan fingerprint density at radius 3 is 2.41 bits per heavy atom. The van der Waals surface area contributed by atoms with Gasteiger partial charge in [0, 0.05) is 17.9 Å². The molecule has 3 rings (SSSR count). The predicted octanol–water partition coefficient (Wildman–Crippen LogP) is 3.39. The number of nitrogens with one attached hydrogen (secondary N) is 2. The van der Waals surface area contributed by atoms with Crippen LogP contribution in [0, 0.1) is 0 Å². The second-order valence-corrected chi connectivity index (χ2v) is 6.49. The average molecular weight is 388 g/mol. The third kappa shape index (κ3) is 5.55. The standard InChI is InChI=1S/C21H25N3O2.ClH/c1-2-24(18-7-4-3-5-8-18)20(25)15-16-10-12-17(13-11-16)23-21(26)19-9-6-14-22-19;/h3-5,7-8,10-13,19,22H,2,6,9,14-15H2,1H3,(H,23,26);1H. The molecule has 1 unspecified atom stereocenters. The molecule has 27 heavy (non-hydrogen) atoms. The highest BCUT2D eigenvalue weighted by Crippen LogP contribution is 2.17. The van der Waals surface area contributed by atoms with Crippen molar-refractivity contribution in [1.29, 1.82) is 0 Å². The lowest BCUT2D eigenvalue weighted by molar-refractivity contribution is -0.118. The zero-order valence-corrected chi connectivity index (χ0v) is 16.3. The van der Waals surface area contributed by atoms with Crippen molar-refractivity contribution in [1.82, 2.24) is 5.32 Å². The summed E-state index contributed by atoms with van der Waals surface area (Å²) in [5.74, 6) is 0.0678. The fraction of sp³-hybridized carbons (Fsp3) is 0.333. The molecule has 1 aliphatic heterocycles. The smallest absolute Gasteiger partial charge is 0.241 e. The molecule has 1 saturated heterocycles. The average Bonchev–Trinajstić information content (AvgIpc) is 3.20. The van der Waals surface area contributed by atoms with Gasteiger partial charge >= 0.3 is 0 Å². The number of para-hydroxylation sites is 1. The molecule has 0 radical (unpaired) electrons. The topological polar surface area (TPSA) is 61.4 Å². The Bertz CT molecular complexity index is 744. The lowest BCUT2D eigenvalue weighted by atomic mass is 10.1. The number of anilines is 2. The van der Waals surface area contributed by atoms with Gasteiger partial charge < -0.3 is 15.5 Å². The van der Waals surface area contributed by atoms with Crippen LogP contribution in [0.3, 0.4) is 0 Å². The maximum atomic E-state index is 12.6. The van der Waals surface area contributed by atoms with Crippen LogP contribution in [-0.4, -0.2) is 30.9 Å². The number of nitrogens with zero attached hydrogens (tertiary/aromatic N) is 1. The molecule has 2 N–H and O–H groups in total. The second kappa shape index (κ2) is 10.1. The van der Waals surface area contributed by atoms with Crippen LogP contribution in [0.15, 0.2) is 54.6 Å². The Morgan fingerprint density at radius 2 is 1.81 bits per heavy atom. The number of likely N-dealkylation sites (N-methyl/N-ethyl adjacent to an activating group) is 1. The number of hydrogen-bond donors (Lipinski definition) is 2. The predicted molar refractivity (Wildman–Crippen MR) is 112 cm³/mol. The van der Waals surface area contributed by atoms with Gasteiger partial charge in [-0.25, -0.2) is 0 Å². The van der Waals surface area contributed by atoms with E-state index in [-0.39, 0.29) is 30.3 Å². The molecule has 0 aliphatic carbocycles. The zero-order valence-electron chi connectivity index (χ0n) is 15.5. The summed E-state index contributed by atoms with van der Waals surface area (Å²) in [6.45, 7) is 3.50. The highest BCUT2D eigenvalue weighted by Gasteiger charge is 2.21. The van der Waals surface area contributed by atoms with E-state index in [9.17, 15) is 9.59 Å². The first kappa shape index (κ1) is 20.9. The molecule has 0 aromatic heterocycles. The Hall–Kier alpha value is -2.37. The summed E-state index contributed by atoms with van der Waals surface area (Å²) in [5, 5.41) is 6.11. The van der Waals surface area contributed by atoms with Crippen LogP contribution in [0.5, 0.6) is 0 Å². The minimum atomic E-state index is -0.0970. The number of amides is 2. The van der Waals surface area contributed by atoms with Gasteiger partial charge in [0.2, 0.25) is 11.8 Å². The number of halogens is 1. The van der Waals surface area contributed by atoms with Crippen molar-refractivity contribution in [2.75, 3.05) is 23.3 Å². The van der Waals surface area contributed by atoms with E-state index in [1.54, 1.807) is 4.90 Å². The number of rotatable bonds is 6. The largest absolute Gasteiger partial charge is 0.325 e. The van der Waals surface area contributed by atoms with E-state index < -0.39 is 0 Å². The Balaban J connectivity index is 0.00000261. The van der Waals surface area contributed by atoms with Crippen molar-refractivity contribution in [3.8, 4) is 0 Å². The van der Waals surface area contributed by atoms with E-state index in [0.717, 1.165) is 36.3 Å². The third-order valence-electron chi connectivity index (χ3n) is 4.64. The van der Waals surface area contributed by atoms with Gasteiger partial charge in [0.1, 0.15) is 0 Å². The van der Waals surface area contributed by atoms with Crippen LogP contribution in [0.2, 0.25) is 0 Å². The van der Waals surface area contributed by atoms with Gasteiger partial charge in [-0.15, -0.1) is 12.4 Å². The molecule has 0 saturated carbocycles. The van der Waals surface area contributed by atoms with Gasteiger partial charge in [-0.05, 0) is 56.1 Å². The van der Waals surface area contributed by atoms with Crippen molar-refractivity contribution in [3.63, 3.8) is 0 Å². The Labute approximate surface area is 166 Å². The number of benzene rings is 2. The van der Waals surface area contributed by atoms with Crippen molar-refractivity contribution < 1.29 is 9.59 Å². The molecule has 2 aromatic carbocycles. The lowest BCUT2D eigenvalue weighted by Crippen LogP contribution is -2.35. The molecule has 2 amide bonds. The second-order valence-electron chi connectivity index (χ2n) is 6.49. The molecule has 0 spiro atoms. The van der Waals surface area contributed by atoms with E-state index in [1.165, 1.54) is 0 Å². The van der Waals surface area contributed by atoms with Crippen molar-refractivity contribution in [2.45, 2.75) is 32.2 Å². The Morgan fingerprint density at radius 1 is 1.11 bits per heavy atom. The first-order valence-corrected chi connectivity index (χ1v) is 9.16. The summed E-state index contributed by atoms with van der Waals surface area (Å²) < 4.78 is 0. The normalized spacial score (nSPS) is 15.7. The third-order valence-corrected chi connectivity index (χ3v) is 4.64. The molecule has 5 nitrogen and oxygen atoms in total. The van der Waals surface area contributed by atoms with Crippen LogP contribution in [0.25, 0.3) is 0 Å². The van der Waals surface area contributed by atoms with E-state index >= 15 is 0 Å². The highest BCUT2D eigenvalue weighted by molar-refractivity contribution is 5.96. The zero-order chi connectivity index (χ0) is 18.4. The van der Waals surface area contributed by atoms with Crippen molar-refractivity contribution >= 4 is 35.6 Å². The molecule has 0 bridgehead atoms. The summed E-state index contributed by atoms with van der Waals surface area (Å²) in [5.41, 5.74) is 2.60. The minimum Gasteiger partial charge on any atom is -0.325 e. The highest BCUT2D eigenvalue weighted by atomic mass is 35.5. The van der Waals surface area contributed by atoms with Crippen molar-refractivity contribution in [3.05, 3.63) is 60.2 Å². The molecule has 1 heterocycles. The van der Waals surface area contributed by atoms with Crippen LogP contribution < -0.4 is 15.5 Å². The Kier molecular flexibility index (Phi) is 7.82. The van der Waals surface area contributed by atoms with E-state index in [0.29, 0.717) is 13.0 Å². The molecule has 1 aliphatic rings. The summed E-state index contributed by atoms with van der Waals surface area (Å²) in [7, 11) is 0. The van der Waals surface area contributed by atoms with Gasteiger partial charge in [-0.2, -0.15) is 0 Å². The molecule has 2 aromatic rings. The fourth-order valence-corrected chi connectivity index (χ4v) is 3.22. The maximum Gasteiger partial charge on any atom is 0.241 e. The van der Waals surface area contributed by atoms with Gasteiger partial charge in [-0.1, -0.05) is 30.3 Å². The maximum absolute atomic E-state index is 12.6. The summed E-state index contributed by atoms with van der Waals surface area (Å²) in [6, 6.07) is 17.1. The van der Waals surface area contributed by atoms with Crippen molar-refractivity contribution in [2.24, 2.45) is 0 Å². The van der Waals surface area contributed by atoms with Gasteiger partial charge in [0.25, 0.3) is 0 Å². The van der Waals surface area contributed by atoms with Gasteiger partial charge in [0.15, 0.2) is 0 Å². The van der Waals surface area contributed by atoms with Gasteiger partial charge in [0.05, 0.1) is 12.5 Å².